The van der Waals surface area contributed by atoms with Gasteiger partial charge in [0.2, 0.25) is 5.75 Å². The monoisotopic (exact) mass is 458 g/mol. The normalized spacial score (nSPS) is 21.6. The average Bonchev–Trinajstić information content (AvgIpc) is 3.34. The van der Waals surface area contributed by atoms with Crippen molar-refractivity contribution in [3.8, 4) is 17.2 Å². The molecule has 2 atom stereocenters. The number of nitrogens with zero attached hydrogens (tertiary/aromatic N) is 1. The molecule has 0 radical (unpaired) electrons. The first-order valence-corrected chi connectivity index (χ1v) is 11.1. The van der Waals surface area contributed by atoms with Gasteiger partial charge in [0.25, 0.3) is 5.91 Å². The zero-order valence-electron chi connectivity index (χ0n) is 19.2. The lowest BCUT2D eigenvalue weighted by molar-refractivity contribution is 0.0879. The van der Waals surface area contributed by atoms with E-state index in [2.05, 4.69) is 21.1 Å². The van der Waals surface area contributed by atoms with Gasteiger partial charge in [-0.25, -0.2) is 15.2 Å². The Balaban J connectivity index is 1.31. The number of hydrogen-bond acceptors (Lipinski definition) is 7. The van der Waals surface area contributed by atoms with Gasteiger partial charge in [0.1, 0.15) is 5.82 Å². The van der Waals surface area contributed by atoms with E-state index in [-0.39, 0.29) is 30.0 Å². The molecule has 2 heterocycles. The molecule has 0 saturated carbocycles. The Morgan fingerprint density at radius 3 is 2.21 bits per heavy atom. The summed E-state index contributed by atoms with van der Waals surface area (Å²) >= 11 is 0. The predicted octanol–water partition coefficient (Wildman–Crippen LogP) is 2.61. The van der Waals surface area contributed by atoms with Crippen LogP contribution in [0.15, 0.2) is 36.4 Å². The van der Waals surface area contributed by atoms with Crippen molar-refractivity contribution in [2.75, 3.05) is 34.4 Å². The van der Waals surface area contributed by atoms with Crippen molar-refractivity contribution >= 4 is 5.91 Å². The quantitative estimate of drug-likeness (QED) is 0.588. The van der Waals surface area contributed by atoms with Gasteiger partial charge >= 0.3 is 0 Å². The minimum Gasteiger partial charge on any atom is -0.493 e. The number of rotatable bonds is 7. The molecule has 0 aliphatic carbocycles. The van der Waals surface area contributed by atoms with Crippen LogP contribution in [0.3, 0.4) is 0 Å². The molecule has 178 valence electrons. The van der Waals surface area contributed by atoms with E-state index in [1.807, 2.05) is 12.1 Å². The number of carbonyl (C=O) groups excluding carboxylic acids is 1. The molecule has 1 amide bonds. The van der Waals surface area contributed by atoms with Gasteiger partial charge in [0, 0.05) is 30.7 Å². The van der Waals surface area contributed by atoms with Crippen LogP contribution in [-0.2, 0) is 0 Å². The highest BCUT2D eigenvalue weighted by Crippen LogP contribution is 2.38. The molecule has 2 fully saturated rings. The summed E-state index contributed by atoms with van der Waals surface area (Å²) in [5.41, 5.74) is 8.22. The summed E-state index contributed by atoms with van der Waals surface area (Å²) < 4.78 is 29.2. The Kier molecular flexibility index (Phi) is 7.32. The molecule has 2 aliphatic heterocycles. The summed E-state index contributed by atoms with van der Waals surface area (Å²) in [4.78, 5) is 15.3. The van der Waals surface area contributed by atoms with Gasteiger partial charge in [-0.3, -0.25) is 9.69 Å². The van der Waals surface area contributed by atoms with Crippen LogP contribution in [0.1, 0.15) is 41.2 Å². The molecule has 8 nitrogen and oxygen atoms in total. The molecular formula is C24H31FN4O4. The first-order valence-electron chi connectivity index (χ1n) is 11.1. The van der Waals surface area contributed by atoms with Crippen molar-refractivity contribution in [2.24, 2.45) is 0 Å². The van der Waals surface area contributed by atoms with E-state index in [1.165, 1.54) is 33.5 Å². The Hall–Kier alpha value is -2.88. The molecular weight excluding hydrogens is 427 g/mol. The molecule has 0 spiro atoms. The van der Waals surface area contributed by atoms with Gasteiger partial charge in [-0.15, -0.1) is 0 Å². The first kappa shape index (κ1) is 23.3. The van der Waals surface area contributed by atoms with E-state index in [9.17, 15) is 9.18 Å². The summed E-state index contributed by atoms with van der Waals surface area (Å²) in [5.74, 6) is 0.975. The fraction of sp³-hybridized carbons (Fsp3) is 0.458. The van der Waals surface area contributed by atoms with Crippen molar-refractivity contribution in [1.29, 1.82) is 0 Å². The highest BCUT2D eigenvalue weighted by atomic mass is 19.1. The molecule has 0 aromatic heterocycles. The molecule has 3 N–H and O–H groups in total. The smallest absolute Gasteiger partial charge is 0.251 e. The maximum Gasteiger partial charge on any atom is 0.251 e. The SMILES string of the molecule is COc1cc(C(=O)NC2CCN(C3CC(c4ccc(F)cc4)NN3)CC2)cc(OC)c1OC. The van der Waals surface area contributed by atoms with Gasteiger partial charge in [-0.2, -0.15) is 0 Å². The van der Waals surface area contributed by atoms with E-state index in [4.69, 9.17) is 14.2 Å². The highest BCUT2D eigenvalue weighted by molar-refractivity contribution is 5.95. The van der Waals surface area contributed by atoms with E-state index >= 15 is 0 Å². The van der Waals surface area contributed by atoms with Crippen molar-refractivity contribution in [3.05, 3.63) is 53.3 Å². The second-order valence-electron chi connectivity index (χ2n) is 8.34. The molecule has 2 aliphatic rings. The standard InChI is InChI=1S/C24H31FN4O4/c1-31-20-12-16(13-21(32-2)23(20)33-3)24(30)26-18-8-10-29(11-9-18)22-14-19(27-28-22)15-4-6-17(25)7-5-15/h4-7,12-13,18-19,22,27-28H,8-11,14H2,1-3H3,(H,26,30). The number of benzene rings is 2. The van der Waals surface area contributed by atoms with Gasteiger partial charge < -0.3 is 19.5 Å². The Morgan fingerprint density at radius 1 is 1.00 bits per heavy atom. The summed E-state index contributed by atoms with van der Waals surface area (Å²) in [7, 11) is 4.59. The summed E-state index contributed by atoms with van der Waals surface area (Å²) in [6.07, 6.45) is 2.81. The number of ether oxygens (including phenoxy) is 3. The van der Waals surface area contributed by atoms with Crippen LogP contribution < -0.4 is 30.4 Å². The number of halogens is 1. The van der Waals surface area contributed by atoms with Gasteiger partial charge in [-0.1, -0.05) is 12.1 Å². The van der Waals surface area contributed by atoms with E-state index in [0.717, 1.165) is 37.9 Å². The van der Waals surface area contributed by atoms with Crippen LogP contribution in [0.25, 0.3) is 0 Å². The number of piperidine rings is 1. The Morgan fingerprint density at radius 2 is 1.64 bits per heavy atom. The maximum absolute atomic E-state index is 13.2. The lowest BCUT2D eigenvalue weighted by Gasteiger charge is -2.35. The van der Waals surface area contributed by atoms with Crippen LogP contribution in [-0.4, -0.2) is 57.4 Å². The second-order valence-corrected chi connectivity index (χ2v) is 8.34. The lowest BCUT2D eigenvalue weighted by atomic mass is 10.0. The Labute approximate surface area is 193 Å². The molecule has 2 aromatic carbocycles. The number of amides is 1. The Bertz CT molecular complexity index is 938. The van der Waals surface area contributed by atoms with E-state index in [1.54, 1.807) is 12.1 Å². The number of carbonyl (C=O) groups is 1. The summed E-state index contributed by atoms with van der Waals surface area (Å²) in [5, 5.41) is 3.14. The summed E-state index contributed by atoms with van der Waals surface area (Å²) in [6.45, 7) is 1.74. The molecule has 2 unspecified atom stereocenters. The number of hydrazine groups is 1. The number of likely N-dealkylation sites (tertiary alicyclic amines) is 1. The van der Waals surface area contributed by atoms with Gasteiger partial charge in [-0.05, 0) is 49.1 Å². The van der Waals surface area contributed by atoms with Crippen LogP contribution in [0.2, 0.25) is 0 Å². The van der Waals surface area contributed by atoms with Crippen molar-refractivity contribution in [1.82, 2.24) is 21.1 Å². The predicted molar refractivity (Wildman–Crippen MR) is 122 cm³/mol. The van der Waals surface area contributed by atoms with E-state index in [0.29, 0.717) is 22.8 Å². The van der Waals surface area contributed by atoms with Crippen LogP contribution in [0, 0.1) is 5.82 Å². The fourth-order valence-corrected chi connectivity index (χ4v) is 4.53. The zero-order valence-corrected chi connectivity index (χ0v) is 19.2. The molecule has 2 saturated heterocycles. The number of hydrogen-bond donors (Lipinski definition) is 3. The summed E-state index contributed by atoms with van der Waals surface area (Å²) in [6, 6.07) is 10.2. The molecule has 4 rings (SSSR count). The zero-order chi connectivity index (χ0) is 23.4. The third-order valence-electron chi connectivity index (χ3n) is 6.39. The van der Waals surface area contributed by atoms with Crippen molar-refractivity contribution in [3.63, 3.8) is 0 Å². The first-order chi connectivity index (χ1) is 16.0. The molecule has 0 bridgehead atoms. The van der Waals surface area contributed by atoms with Crippen LogP contribution in [0.4, 0.5) is 4.39 Å². The number of methoxy groups -OCH3 is 3. The molecule has 9 heteroatoms. The molecule has 2 aromatic rings. The van der Waals surface area contributed by atoms with Crippen LogP contribution in [0.5, 0.6) is 17.2 Å². The lowest BCUT2D eigenvalue weighted by Crippen LogP contribution is -2.51. The minimum atomic E-state index is -0.225. The highest BCUT2D eigenvalue weighted by Gasteiger charge is 2.32. The molecule has 33 heavy (non-hydrogen) atoms. The maximum atomic E-state index is 13.2. The van der Waals surface area contributed by atoms with E-state index < -0.39 is 0 Å². The van der Waals surface area contributed by atoms with Crippen molar-refractivity contribution in [2.45, 2.75) is 37.5 Å². The van der Waals surface area contributed by atoms with Crippen molar-refractivity contribution < 1.29 is 23.4 Å². The fourth-order valence-electron chi connectivity index (χ4n) is 4.53. The number of nitrogens with one attached hydrogen (secondary N) is 3. The third kappa shape index (κ3) is 5.21. The minimum absolute atomic E-state index is 0.0927. The largest absolute Gasteiger partial charge is 0.493 e. The van der Waals surface area contributed by atoms with Gasteiger partial charge in [0.15, 0.2) is 11.5 Å². The van der Waals surface area contributed by atoms with Gasteiger partial charge in [0.05, 0.1) is 27.5 Å². The topological polar surface area (TPSA) is 84.1 Å². The second kappa shape index (κ2) is 10.4. The third-order valence-corrected chi connectivity index (χ3v) is 6.39. The average molecular weight is 459 g/mol. The van der Waals surface area contributed by atoms with Crippen LogP contribution >= 0.6 is 0 Å².